The van der Waals surface area contributed by atoms with Crippen molar-refractivity contribution in [3.63, 3.8) is 0 Å². The number of hydrogen-bond acceptors (Lipinski definition) is 7. The van der Waals surface area contributed by atoms with E-state index in [1.807, 2.05) is 22.8 Å². The number of piperidine rings is 1. The van der Waals surface area contributed by atoms with Gasteiger partial charge in [-0.05, 0) is 17.7 Å². The summed E-state index contributed by atoms with van der Waals surface area (Å²) < 4.78 is 18.9. The largest absolute Gasteiger partial charge is 0.487 e. The first-order valence-electron chi connectivity index (χ1n) is 10.2. The molecule has 5 rings (SSSR count). The summed E-state index contributed by atoms with van der Waals surface area (Å²) in [6, 6.07) is 12.2. The lowest BCUT2D eigenvalue weighted by Gasteiger charge is -2.39. The second-order valence-electron chi connectivity index (χ2n) is 7.80. The number of anilines is 1. The minimum Gasteiger partial charge on any atom is -0.487 e. The van der Waals surface area contributed by atoms with Crippen LogP contribution >= 0.6 is 0 Å². The second kappa shape index (κ2) is 7.60. The smallest absolute Gasteiger partial charge is 0.232 e. The van der Waals surface area contributed by atoms with Gasteiger partial charge >= 0.3 is 0 Å². The van der Waals surface area contributed by atoms with Crippen LogP contribution in [0.4, 0.5) is 5.95 Å². The Kier molecular flexibility index (Phi) is 4.78. The molecule has 30 heavy (non-hydrogen) atoms. The van der Waals surface area contributed by atoms with Crippen molar-refractivity contribution < 1.29 is 14.2 Å². The lowest BCUT2D eigenvalue weighted by atomic mass is 9.87. The number of benzene rings is 1. The maximum absolute atomic E-state index is 6.39. The molecule has 1 saturated heterocycles. The Morgan fingerprint density at radius 3 is 2.60 bits per heavy atom. The average molecular weight is 407 g/mol. The molecule has 3 aromatic rings. The van der Waals surface area contributed by atoms with E-state index >= 15 is 0 Å². The van der Waals surface area contributed by atoms with Crippen LogP contribution in [0.2, 0.25) is 0 Å². The minimum atomic E-state index is -0.109. The molecule has 2 aliphatic rings. The van der Waals surface area contributed by atoms with Gasteiger partial charge in [-0.15, -0.1) is 10.2 Å². The first kappa shape index (κ1) is 18.9. The van der Waals surface area contributed by atoms with Crippen LogP contribution in [0.5, 0.6) is 11.6 Å². The number of rotatable bonds is 5. The maximum atomic E-state index is 6.39. The quantitative estimate of drug-likeness (QED) is 0.644. The van der Waals surface area contributed by atoms with Crippen molar-refractivity contribution in [3.05, 3.63) is 54.0 Å². The Balaban J connectivity index is 1.39. The third-order valence-electron chi connectivity index (χ3n) is 5.94. The van der Waals surface area contributed by atoms with Crippen LogP contribution in [0.3, 0.4) is 0 Å². The van der Waals surface area contributed by atoms with Gasteiger partial charge in [0.05, 0.1) is 19.0 Å². The number of nitrogens with zero attached hydrogens (tertiary/aromatic N) is 5. The van der Waals surface area contributed by atoms with Crippen LogP contribution in [0, 0.1) is 0 Å². The van der Waals surface area contributed by atoms with E-state index in [-0.39, 0.29) is 5.60 Å². The van der Waals surface area contributed by atoms with Gasteiger partial charge in [0.1, 0.15) is 18.0 Å². The summed E-state index contributed by atoms with van der Waals surface area (Å²) in [4.78, 5) is 6.62. The average Bonchev–Trinajstić information content (AvgIpc) is 3.36. The number of methoxy groups -OCH3 is 2. The van der Waals surface area contributed by atoms with Crippen LogP contribution in [0.1, 0.15) is 24.2 Å². The molecule has 0 unspecified atom stereocenters. The van der Waals surface area contributed by atoms with Crippen molar-refractivity contribution in [2.45, 2.75) is 31.5 Å². The first-order valence-corrected chi connectivity index (χ1v) is 10.2. The number of hydrogen-bond donors (Lipinski definition) is 0. The Morgan fingerprint density at radius 2 is 1.90 bits per heavy atom. The molecule has 1 aromatic carbocycles. The summed E-state index contributed by atoms with van der Waals surface area (Å²) >= 11 is 0. The molecule has 8 nitrogen and oxygen atoms in total. The Bertz CT molecular complexity index is 999. The fourth-order valence-electron chi connectivity index (χ4n) is 4.38. The number of ether oxygens (including phenoxy) is 3. The van der Waals surface area contributed by atoms with Gasteiger partial charge in [0.2, 0.25) is 11.8 Å². The van der Waals surface area contributed by atoms with Gasteiger partial charge in [0, 0.05) is 45.5 Å². The zero-order valence-corrected chi connectivity index (χ0v) is 17.2. The summed E-state index contributed by atoms with van der Waals surface area (Å²) in [5.74, 6) is 3.14. The fourth-order valence-corrected chi connectivity index (χ4v) is 4.38. The lowest BCUT2D eigenvalue weighted by Crippen LogP contribution is -2.48. The third kappa shape index (κ3) is 3.27. The minimum absolute atomic E-state index is 0.109. The van der Waals surface area contributed by atoms with Crippen molar-refractivity contribution in [1.29, 1.82) is 0 Å². The molecule has 0 atom stereocenters. The van der Waals surface area contributed by atoms with Crippen LogP contribution in [0.25, 0.3) is 5.69 Å². The van der Waals surface area contributed by atoms with Crippen LogP contribution < -0.4 is 14.4 Å². The number of para-hydroxylation sites is 1. The number of pyridine rings is 1. The first-order chi connectivity index (χ1) is 14.7. The summed E-state index contributed by atoms with van der Waals surface area (Å²) in [7, 11) is 3.26. The number of aromatic nitrogens is 4. The SMILES string of the molecule is COCc1nnc(N2CCC3(CC2)Cc2ccccc2O3)n1-c1ccc(OC)nc1. The van der Waals surface area contributed by atoms with Gasteiger partial charge in [-0.3, -0.25) is 4.57 Å². The predicted octanol–water partition coefficient (Wildman–Crippen LogP) is 2.79. The molecule has 2 aromatic heterocycles. The fraction of sp³-hybridized carbons (Fsp3) is 0.409. The van der Waals surface area contributed by atoms with E-state index < -0.39 is 0 Å². The van der Waals surface area contributed by atoms with E-state index in [0.717, 1.165) is 55.6 Å². The Morgan fingerprint density at radius 1 is 1.07 bits per heavy atom. The number of fused-ring (bicyclic) bond motifs is 1. The normalized spacial score (nSPS) is 17.1. The molecule has 1 spiro atoms. The molecule has 0 aliphatic carbocycles. The molecule has 156 valence electrons. The van der Waals surface area contributed by atoms with Crippen molar-refractivity contribution in [1.82, 2.24) is 19.7 Å². The Labute approximate surface area is 175 Å². The van der Waals surface area contributed by atoms with Gasteiger partial charge in [-0.2, -0.15) is 0 Å². The Hall–Kier alpha value is -3.13. The van der Waals surface area contributed by atoms with Gasteiger partial charge in [-0.1, -0.05) is 18.2 Å². The van der Waals surface area contributed by atoms with Crippen LogP contribution in [-0.4, -0.2) is 52.7 Å². The molecule has 2 aliphatic heterocycles. The van der Waals surface area contributed by atoms with E-state index in [2.05, 4.69) is 38.3 Å². The summed E-state index contributed by atoms with van der Waals surface area (Å²) in [6.07, 6.45) is 4.62. The zero-order valence-electron chi connectivity index (χ0n) is 17.2. The van der Waals surface area contributed by atoms with E-state index in [1.54, 1.807) is 20.4 Å². The van der Waals surface area contributed by atoms with Gasteiger partial charge in [0.25, 0.3) is 0 Å². The molecule has 0 amide bonds. The van der Waals surface area contributed by atoms with Gasteiger partial charge in [0.15, 0.2) is 5.82 Å². The molecule has 1 fully saturated rings. The summed E-state index contributed by atoms with van der Waals surface area (Å²) in [5, 5.41) is 8.87. The highest BCUT2D eigenvalue weighted by Gasteiger charge is 2.42. The molecule has 4 heterocycles. The predicted molar refractivity (Wildman–Crippen MR) is 111 cm³/mol. The highest BCUT2D eigenvalue weighted by molar-refractivity contribution is 5.45. The second-order valence-corrected chi connectivity index (χ2v) is 7.80. The summed E-state index contributed by atoms with van der Waals surface area (Å²) in [5.41, 5.74) is 2.08. The highest BCUT2D eigenvalue weighted by atomic mass is 16.5. The van der Waals surface area contributed by atoms with Crippen LogP contribution in [-0.2, 0) is 17.8 Å². The maximum Gasteiger partial charge on any atom is 0.232 e. The molecule has 0 N–H and O–H groups in total. The molecular formula is C22H25N5O3. The monoisotopic (exact) mass is 407 g/mol. The van der Waals surface area contributed by atoms with Crippen molar-refractivity contribution in [2.24, 2.45) is 0 Å². The molecule has 0 saturated carbocycles. The highest BCUT2D eigenvalue weighted by Crippen LogP contribution is 2.41. The van der Waals surface area contributed by atoms with E-state index in [4.69, 9.17) is 14.2 Å². The standard InChI is InChI=1S/C22H25N5O3/c1-28-15-19-24-25-21(27(19)17-7-8-20(29-2)23-14-17)26-11-9-22(10-12-26)13-16-5-3-4-6-18(16)30-22/h3-8,14H,9-13,15H2,1-2H3. The summed E-state index contributed by atoms with van der Waals surface area (Å²) in [6.45, 7) is 2.07. The topological polar surface area (TPSA) is 74.5 Å². The lowest BCUT2D eigenvalue weighted by molar-refractivity contribution is 0.0664. The molecule has 0 bridgehead atoms. The molecule has 0 radical (unpaired) electrons. The van der Waals surface area contributed by atoms with E-state index in [9.17, 15) is 0 Å². The van der Waals surface area contributed by atoms with Gasteiger partial charge < -0.3 is 19.1 Å². The van der Waals surface area contributed by atoms with Crippen molar-refractivity contribution in [3.8, 4) is 17.3 Å². The van der Waals surface area contributed by atoms with Gasteiger partial charge in [-0.25, -0.2) is 4.98 Å². The third-order valence-corrected chi connectivity index (χ3v) is 5.94. The van der Waals surface area contributed by atoms with E-state index in [1.165, 1.54) is 5.56 Å². The molecular weight excluding hydrogens is 382 g/mol. The van der Waals surface area contributed by atoms with E-state index in [0.29, 0.717) is 12.5 Å². The zero-order chi connectivity index (χ0) is 20.6. The molecule has 8 heteroatoms. The van der Waals surface area contributed by atoms with Crippen LogP contribution in [0.15, 0.2) is 42.6 Å². The van der Waals surface area contributed by atoms with Crippen molar-refractivity contribution in [2.75, 3.05) is 32.2 Å². The van der Waals surface area contributed by atoms with Crippen molar-refractivity contribution >= 4 is 5.95 Å².